The predicted molar refractivity (Wildman–Crippen MR) is 159 cm³/mol. The van der Waals surface area contributed by atoms with Gasteiger partial charge in [0, 0.05) is 107 Å². The molecule has 0 amide bonds. The molecule has 0 aliphatic rings. The molecule has 3 rings (SSSR count). The van der Waals surface area contributed by atoms with Gasteiger partial charge < -0.3 is 9.84 Å². The molecule has 44 heavy (non-hydrogen) atoms. The number of nitrogens with zero attached hydrogens (tertiary/aromatic N) is 3. The van der Waals surface area contributed by atoms with Crippen molar-refractivity contribution in [1.82, 2.24) is 0 Å². The van der Waals surface area contributed by atoms with Crippen LogP contribution >= 0.6 is 0 Å². The summed E-state index contributed by atoms with van der Waals surface area (Å²) in [6.07, 6.45) is 0. The largest absolute Gasteiger partial charge is 0.505 e. The van der Waals surface area contributed by atoms with Crippen molar-refractivity contribution in [2.75, 3.05) is 30.8 Å². The van der Waals surface area contributed by atoms with Crippen LogP contribution in [0.4, 0.5) is 17.1 Å². The Morgan fingerprint density at radius 3 is 1.91 bits per heavy atom. The molecule has 0 bridgehead atoms. The number of ether oxygens (including phenoxy) is 1. The van der Waals surface area contributed by atoms with Gasteiger partial charge in [-0.2, -0.15) is 25.3 Å². The number of benzene rings is 3. The predicted octanol–water partition coefficient (Wildman–Crippen LogP) is 0.906. The van der Waals surface area contributed by atoms with Crippen LogP contribution in [0.1, 0.15) is 0 Å². The zero-order chi connectivity index (χ0) is 31.0. The number of azo groups is 1. The second kappa shape index (κ2) is 16.6. The third-order valence-corrected chi connectivity index (χ3v) is 9.31. The first-order valence-corrected chi connectivity index (χ1v) is 16.5. The van der Waals surface area contributed by atoms with E-state index in [4.69, 9.17) is 9.29 Å². The summed E-state index contributed by atoms with van der Waals surface area (Å²) >= 11 is 0. The van der Waals surface area contributed by atoms with Crippen molar-refractivity contribution in [1.29, 1.82) is 0 Å². The Morgan fingerprint density at radius 1 is 0.795 bits per heavy atom. The summed E-state index contributed by atoms with van der Waals surface area (Å²) < 4.78 is 132. The number of sulfonamides is 1. The summed E-state index contributed by atoms with van der Waals surface area (Å²) in [5.41, 5.74) is -1.46. The number of fused-ring (bicyclic) bond motifs is 1. The smallest absolute Gasteiger partial charge is 0.397 e. The van der Waals surface area contributed by atoms with E-state index in [-0.39, 0.29) is 111 Å². The van der Waals surface area contributed by atoms with Crippen LogP contribution in [0, 0.1) is 0 Å². The summed E-state index contributed by atoms with van der Waals surface area (Å²) in [6, 6.07) is 7.58. The van der Waals surface area contributed by atoms with E-state index in [1.54, 1.807) is 0 Å². The Morgan fingerprint density at radius 2 is 1.39 bits per heavy atom. The van der Waals surface area contributed by atoms with Crippen LogP contribution < -0.4 is 9.04 Å². The van der Waals surface area contributed by atoms with E-state index < -0.39 is 79.9 Å². The minimum Gasteiger partial charge on any atom is -0.505 e. The van der Waals surface area contributed by atoms with Gasteiger partial charge in [-0.25, -0.2) is 12.6 Å². The van der Waals surface area contributed by atoms with E-state index in [9.17, 15) is 47.9 Å². The van der Waals surface area contributed by atoms with Gasteiger partial charge in [-0.15, -0.1) is 10.2 Å². The van der Waals surface area contributed by atoms with Gasteiger partial charge in [-0.3, -0.25) is 18.0 Å². The van der Waals surface area contributed by atoms with Crippen LogP contribution in [0.2, 0.25) is 0 Å². The monoisotopic (exact) mass is 724 g/mol. The number of methoxy groups -OCH3 is 1. The Kier molecular flexibility index (Phi) is 16.4. The average Bonchev–Trinajstić information content (AvgIpc) is 2.85. The molecular formula is C20H21N3Na3O14S4. The molecule has 3 radical (unpaired) electrons. The first kappa shape index (κ1) is 43.6. The molecule has 0 aliphatic heterocycles. The molecule has 0 heterocycles. The summed E-state index contributed by atoms with van der Waals surface area (Å²) in [6.45, 7) is -0.913. The van der Waals surface area contributed by atoms with Crippen molar-refractivity contribution in [2.45, 2.75) is 9.79 Å². The summed E-state index contributed by atoms with van der Waals surface area (Å²) in [5.74, 6) is -1.78. The fourth-order valence-electron chi connectivity index (χ4n) is 3.37. The molecule has 17 nitrogen and oxygen atoms in total. The second-order valence-corrected chi connectivity index (χ2v) is 14.0. The maximum Gasteiger partial charge on any atom is 0.397 e. The van der Waals surface area contributed by atoms with Gasteiger partial charge in [0.25, 0.3) is 20.2 Å². The fraction of sp³-hybridized carbons (Fsp3) is 0.200. The topological polar surface area (TPSA) is 264 Å². The number of hydrogen-bond donors (Lipinski definition) is 4. The van der Waals surface area contributed by atoms with Gasteiger partial charge in [0.05, 0.1) is 25.2 Å². The van der Waals surface area contributed by atoms with Gasteiger partial charge >= 0.3 is 10.4 Å². The number of aromatic hydroxyl groups is 1. The Labute approximate surface area is 319 Å². The molecule has 0 fully saturated rings. The van der Waals surface area contributed by atoms with Crippen LogP contribution in [0.25, 0.3) is 10.8 Å². The van der Waals surface area contributed by atoms with Gasteiger partial charge in [0.15, 0.2) is 5.75 Å². The summed E-state index contributed by atoms with van der Waals surface area (Å²) in [4.78, 5) is -1.72. The summed E-state index contributed by atoms with van der Waals surface area (Å²) in [5, 5.41) is 17.9. The first-order chi connectivity index (χ1) is 18.7. The van der Waals surface area contributed by atoms with Crippen LogP contribution in [-0.4, -0.2) is 168 Å². The van der Waals surface area contributed by atoms with Crippen molar-refractivity contribution < 1.29 is 61.4 Å². The number of anilines is 1. The molecule has 0 aliphatic carbocycles. The van der Waals surface area contributed by atoms with E-state index >= 15 is 0 Å². The molecule has 24 heteroatoms. The molecule has 0 saturated carbocycles. The van der Waals surface area contributed by atoms with Crippen LogP contribution in [0.5, 0.6) is 11.5 Å². The van der Waals surface area contributed by atoms with E-state index in [0.717, 1.165) is 31.3 Å². The SMILES string of the molecule is COc1ccc(N=Nc2c(S(=O)(=O)O)cc3ccc(N(C)S(=O)(=O)CCOS(=O)(=O)O)cc3c2O)c(S(=O)(=O)O)c1.[Na].[Na].[Na]. The average molecular weight is 725 g/mol. The summed E-state index contributed by atoms with van der Waals surface area (Å²) in [7, 11) is -16.8. The maximum atomic E-state index is 12.6. The third kappa shape index (κ3) is 11.1. The van der Waals surface area contributed by atoms with Gasteiger partial charge in [-0.05, 0) is 35.7 Å². The zero-order valence-corrected chi connectivity index (χ0v) is 33.1. The molecular weight excluding hydrogens is 703 g/mol. The van der Waals surface area contributed by atoms with E-state index in [2.05, 4.69) is 14.4 Å². The molecule has 0 aromatic heterocycles. The number of phenols is 1. The Bertz CT molecular complexity index is 1990. The van der Waals surface area contributed by atoms with Crippen molar-refractivity contribution in [3.05, 3.63) is 42.5 Å². The quantitative estimate of drug-likeness (QED) is 0.122. The standard InChI is InChI=1S/C20H21N3O14S4.3Na/c1-23(38(25,26)8-7-37-41(33,34)35)13-4-3-12-9-18(40(30,31)32)19(20(24)15(12)10-13)22-21-16-6-5-14(36-2)11-17(16)39(27,28)29;;;/h3-6,9-11,24H,7-8H2,1-2H3,(H,27,28,29)(H,30,31,32)(H,33,34,35);;;. The minimum absolute atomic E-state index is 0. The molecule has 4 N–H and O–H groups in total. The maximum absolute atomic E-state index is 12.6. The number of phenolic OH excluding ortho intramolecular Hbond substituents is 1. The molecule has 0 spiro atoms. The molecule has 3 aromatic rings. The van der Waals surface area contributed by atoms with E-state index in [0.29, 0.717) is 4.31 Å². The zero-order valence-electron chi connectivity index (χ0n) is 23.8. The molecule has 0 atom stereocenters. The van der Waals surface area contributed by atoms with Crippen molar-refractivity contribution in [2.24, 2.45) is 10.2 Å². The Balaban J connectivity index is 0.00000616. The Hall–Kier alpha value is -0.440. The molecule has 227 valence electrons. The normalized spacial score (nSPS) is 12.2. The van der Waals surface area contributed by atoms with Crippen molar-refractivity contribution in [3.8, 4) is 11.5 Å². The van der Waals surface area contributed by atoms with Crippen molar-refractivity contribution >= 4 is 157 Å². The third-order valence-electron chi connectivity index (χ3n) is 5.37. The van der Waals surface area contributed by atoms with E-state index in [1.165, 1.54) is 25.3 Å². The second-order valence-electron chi connectivity index (χ2n) is 7.99. The number of hydrogen-bond acceptors (Lipinski definition) is 13. The van der Waals surface area contributed by atoms with Gasteiger partial charge in [0.1, 0.15) is 26.9 Å². The molecule has 0 saturated heterocycles. The number of rotatable bonds is 11. The van der Waals surface area contributed by atoms with Gasteiger partial charge in [-0.1, -0.05) is 6.07 Å². The van der Waals surface area contributed by atoms with Crippen LogP contribution in [0.15, 0.2) is 62.5 Å². The van der Waals surface area contributed by atoms with Crippen molar-refractivity contribution in [3.63, 3.8) is 0 Å². The molecule has 3 aromatic carbocycles. The first-order valence-electron chi connectivity index (χ1n) is 10.7. The molecule has 0 unspecified atom stereocenters. The van der Waals surface area contributed by atoms with Gasteiger partial charge in [0.2, 0.25) is 10.0 Å². The van der Waals surface area contributed by atoms with Crippen LogP contribution in [0.3, 0.4) is 0 Å². The van der Waals surface area contributed by atoms with E-state index in [1.807, 2.05) is 0 Å². The fourth-order valence-corrected chi connectivity index (χ4v) is 6.07. The van der Waals surface area contributed by atoms with Crippen LogP contribution in [-0.2, 0) is 44.8 Å². The minimum atomic E-state index is -5.06.